The molecule has 2 fully saturated rings. The average molecular weight is 273 g/mol. The smallest absolute Gasteiger partial charge is 0.254 e. The standard InChI is InChI=1S/C15H19N3O2/c16-11-4-1-3-10(9-11)15(20)18-8-2-5-13(18)14(19)17-12-6-7-12/h1,3-4,9,12-13H,2,5-8,16H2,(H,17,19). The van der Waals surface area contributed by atoms with Gasteiger partial charge in [-0.3, -0.25) is 9.59 Å². The maximum atomic E-state index is 12.5. The van der Waals surface area contributed by atoms with Crippen LogP contribution in [-0.4, -0.2) is 35.3 Å². The van der Waals surface area contributed by atoms with Gasteiger partial charge in [0, 0.05) is 23.8 Å². The van der Waals surface area contributed by atoms with Crippen molar-refractivity contribution >= 4 is 17.5 Å². The van der Waals surface area contributed by atoms with E-state index in [0.29, 0.717) is 23.8 Å². The molecule has 0 spiro atoms. The van der Waals surface area contributed by atoms with Gasteiger partial charge in [-0.2, -0.15) is 0 Å². The van der Waals surface area contributed by atoms with E-state index in [2.05, 4.69) is 5.32 Å². The Morgan fingerprint density at radius 3 is 2.75 bits per heavy atom. The molecule has 3 N–H and O–H groups in total. The fourth-order valence-corrected chi connectivity index (χ4v) is 2.64. The minimum absolute atomic E-state index is 0.0118. The van der Waals surface area contributed by atoms with Crippen LogP contribution in [0.2, 0.25) is 0 Å². The minimum Gasteiger partial charge on any atom is -0.399 e. The summed E-state index contributed by atoms with van der Waals surface area (Å²) in [7, 11) is 0. The van der Waals surface area contributed by atoms with E-state index in [0.717, 1.165) is 25.7 Å². The van der Waals surface area contributed by atoms with Crippen molar-refractivity contribution in [3.63, 3.8) is 0 Å². The third-order valence-corrected chi connectivity index (χ3v) is 3.87. The summed E-state index contributed by atoms with van der Waals surface area (Å²) >= 11 is 0. The number of nitrogens with one attached hydrogen (secondary N) is 1. The van der Waals surface area contributed by atoms with Gasteiger partial charge in [-0.15, -0.1) is 0 Å². The van der Waals surface area contributed by atoms with Crippen molar-refractivity contribution < 1.29 is 9.59 Å². The van der Waals surface area contributed by atoms with Crippen molar-refractivity contribution in [3.8, 4) is 0 Å². The molecular formula is C15H19N3O2. The number of benzene rings is 1. The van der Waals surface area contributed by atoms with Gasteiger partial charge in [-0.1, -0.05) is 6.07 Å². The number of carbonyl (C=O) groups is 2. The van der Waals surface area contributed by atoms with Crippen molar-refractivity contribution in [3.05, 3.63) is 29.8 Å². The summed E-state index contributed by atoms with van der Waals surface area (Å²) in [5, 5.41) is 2.99. The largest absolute Gasteiger partial charge is 0.399 e. The number of anilines is 1. The fraction of sp³-hybridized carbons (Fsp3) is 0.467. The Morgan fingerprint density at radius 2 is 2.05 bits per heavy atom. The van der Waals surface area contributed by atoms with E-state index >= 15 is 0 Å². The summed E-state index contributed by atoms with van der Waals surface area (Å²) in [6.07, 6.45) is 3.73. The number of amides is 2. The molecule has 1 atom stereocenters. The van der Waals surface area contributed by atoms with E-state index in [4.69, 9.17) is 5.73 Å². The first kappa shape index (κ1) is 13.0. The predicted molar refractivity (Wildman–Crippen MR) is 76.1 cm³/mol. The van der Waals surface area contributed by atoms with Crippen LogP contribution in [-0.2, 0) is 4.79 Å². The molecule has 1 saturated heterocycles. The summed E-state index contributed by atoms with van der Waals surface area (Å²) in [5.74, 6) is -0.118. The number of hydrogen-bond donors (Lipinski definition) is 2. The molecular weight excluding hydrogens is 254 g/mol. The van der Waals surface area contributed by atoms with Gasteiger partial charge in [-0.05, 0) is 43.9 Å². The first-order valence-electron chi connectivity index (χ1n) is 7.12. The Kier molecular flexibility index (Phi) is 3.34. The van der Waals surface area contributed by atoms with Crippen LogP contribution in [0.4, 0.5) is 5.69 Å². The lowest BCUT2D eigenvalue weighted by atomic mass is 10.1. The average Bonchev–Trinajstić information content (AvgIpc) is 3.10. The van der Waals surface area contributed by atoms with Gasteiger partial charge in [0.15, 0.2) is 0 Å². The number of hydrogen-bond acceptors (Lipinski definition) is 3. The molecule has 1 aromatic rings. The van der Waals surface area contributed by atoms with Gasteiger partial charge in [0.2, 0.25) is 5.91 Å². The minimum atomic E-state index is -0.329. The first-order chi connectivity index (χ1) is 9.65. The molecule has 1 aliphatic heterocycles. The Morgan fingerprint density at radius 1 is 1.25 bits per heavy atom. The van der Waals surface area contributed by atoms with Gasteiger partial charge in [-0.25, -0.2) is 0 Å². The van der Waals surface area contributed by atoms with E-state index in [1.165, 1.54) is 0 Å². The third kappa shape index (κ3) is 2.61. The van der Waals surface area contributed by atoms with Gasteiger partial charge in [0.25, 0.3) is 5.91 Å². The van der Waals surface area contributed by atoms with Crippen LogP contribution in [0, 0.1) is 0 Å². The third-order valence-electron chi connectivity index (χ3n) is 3.87. The van der Waals surface area contributed by atoms with Crippen LogP contribution in [0.5, 0.6) is 0 Å². The Labute approximate surface area is 118 Å². The van der Waals surface area contributed by atoms with Crippen molar-refractivity contribution in [1.82, 2.24) is 10.2 Å². The lowest BCUT2D eigenvalue weighted by molar-refractivity contribution is -0.125. The normalized spacial score (nSPS) is 21.8. The number of rotatable bonds is 3. The van der Waals surface area contributed by atoms with Gasteiger partial charge in [0.05, 0.1) is 0 Å². The topological polar surface area (TPSA) is 75.4 Å². The van der Waals surface area contributed by atoms with E-state index in [1.54, 1.807) is 29.2 Å². The maximum absolute atomic E-state index is 12.5. The van der Waals surface area contributed by atoms with E-state index < -0.39 is 0 Å². The number of carbonyl (C=O) groups excluding carboxylic acids is 2. The highest BCUT2D eigenvalue weighted by Gasteiger charge is 2.36. The molecule has 20 heavy (non-hydrogen) atoms. The second-order valence-electron chi connectivity index (χ2n) is 5.56. The molecule has 1 saturated carbocycles. The zero-order valence-corrected chi connectivity index (χ0v) is 11.3. The van der Waals surface area contributed by atoms with Crippen molar-refractivity contribution in [2.75, 3.05) is 12.3 Å². The van der Waals surface area contributed by atoms with Crippen LogP contribution in [0.1, 0.15) is 36.0 Å². The molecule has 0 radical (unpaired) electrons. The Balaban J connectivity index is 1.73. The van der Waals surface area contributed by atoms with Crippen molar-refractivity contribution in [2.24, 2.45) is 0 Å². The van der Waals surface area contributed by atoms with E-state index in [-0.39, 0.29) is 17.9 Å². The summed E-state index contributed by atoms with van der Waals surface area (Å²) < 4.78 is 0. The molecule has 1 aliphatic carbocycles. The number of nitrogens with zero attached hydrogens (tertiary/aromatic N) is 1. The van der Waals surface area contributed by atoms with Gasteiger partial charge < -0.3 is 16.0 Å². The quantitative estimate of drug-likeness (QED) is 0.811. The monoisotopic (exact) mass is 273 g/mol. The predicted octanol–water partition coefficient (Wildman–Crippen LogP) is 1.15. The molecule has 3 rings (SSSR count). The molecule has 2 amide bonds. The molecule has 0 aromatic heterocycles. The van der Waals surface area contributed by atoms with Crippen LogP contribution in [0.25, 0.3) is 0 Å². The van der Waals surface area contributed by atoms with Crippen LogP contribution in [0.3, 0.4) is 0 Å². The molecule has 106 valence electrons. The molecule has 1 aromatic carbocycles. The summed E-state index contributed by atoms with van der Waals surface area (Å²) in [6, 6.07) is 6.91. The van der Waals surface area contributed by atoms with E-state index in [9.17, 15) is 9.59 Å². The number of likely N-dealkylation sites (tertiary alicyclic amines) is 1. The van der Waals surface area contributed by atoms with Crippen molar-refractivity contribution in [2.45, 2.75) is 37.8 Å². The molecule has 1 unspecified atom stereocenters. The fourth-order valence-electron chi connectivity index (χ4n) is 2.64. The van der Waals surface area contributed by atoms with Crippen LogP contribution >= 0.6 is 0 Å². The SMILES string of the molecule is Nc1cccc(C(=O)N2CCCC2C(=O)NC2CC2)c1. The van der Waals surface area contributed by atoms with Crippen molar-refractivity contribution in [1.29, 1.82) is 0 Å². The Hall–Kier alpha value is -2.04. The number of nitrogen functional groups attached to an aromatic ring is 1. The maximum Gasteiger partial charge on any atom is 0.254 e. The molecule has 5 heteroatoms. The zero-order valence-electron chi connectivity index (χ0n) is 11.3. The lowest BCUT2D eigenvalue weighted by Crippen LogP contribution is -2.46. The second kappa shape index (κ2) is 5.15. The first-order valence-corrected chi connectivity index (χ1v) is 7.12. The highest BCUT2D eigenvalue weighted by atomic mass is 16.2. The lowest BCUT2D eigenvalue weighted by Gasteiger charge is -2.24. The summed E-state index contributed by atoms with van der Waals surface area (Å²) in [5.41, 5.74) is 6.83. The van der Waals surface area contributed by atoms with Crippen LogP contribution < -0.4 is 11.1 Å². The molecule has 5 nitrogen and oxygen atoms in total. The Bertz CT molecular complexity index is 540. The molecule has 0 bridgehead atoms. The number of nitrogens with two attached hydrogens (primary N) is 1. The highest BCUT2D eigenvalue weighted by Crippen LogP contribution is 2.24. The summed E-state index contributed by atoms with van der Waals surface area (Å²) in [6.45, 7) is 0.635. The second-order valence-corrected chi connectivity index (χ2v) is 5.56. The molecule has 1 heterocycles. The van der Waals surface area contributed by atoms with Gasteiger partial charge >= 0.3 is 0 Å². The summed E-state index contributed by atoms with van der Waals surface area (Å²) in [4.78, 5) is 26.4. The molecule has 2 aliphatic rings. The highest BCUT2D eigenvalue weighted by molar-refractivity contribution is 5.98. The zero-order chi connectivity index (χ0) is 14.1. The van der Waals surface area contributed by atoms with Crippen LogP contribution in [0.15, 0.2) is 24.3 Å². The van der Waals surface area contributed by atoms with Gasteiger partial charge in [0.1, 0.15) is 6.04 Å². The van der Waals surface area contributed by atoms with E-state index in [1.807, 2.05) is 0 Å².